The highest BCUT2D eigenvalue weighted by Gasteiger charge is 2.27. The zero-order valence-electron chi connectivity index (χ0n) is 10.1. The summed E-state index contributed by atoms with van der Waals surface area (Å²) in [6, 6.07) is 7.32. The lowest BCUT2D eigenvalue weighted by molar-refractivity contribution is -0.164. The van der Waals surface area contributed by atoms with Gasteiger partial charge in [0, 0.05) is 5.56 Å². The lowest BCUT2D eigenvalue weighted by Gasteiger charge is -2.24. The van der Waals surface area contributed by atoms with Crippen molar-refractivity contribution < 1.29 is 19.4 Å². The highest BCUT2D eigenvalue weighted by Crippen LogP contribution is 2.31. The fraction of sp³-hybridized carbons (Fsp3) is 0.133. The topological polar surface area (TPSA) is 55.8 Å². The summed E-state index contributed by atoms with van der Waals surface area (Å²) in [6.07, 6.45) is 6.94. The van der Waals surface area contributed by atoms with Crippen LogP contribution in [0.1, 0.15) is 12.0 Å². The van der Waals surface area contributed by atoms with Gasteiger partial charge in [-0.3, -0.25) is 0 Å². The summed E-state index contributed by atoms with van der Waals surface area (Å²) in [7, 11) is 0. The molecule has 0 aromatic heterocycles. The van der Waals surface area contributed by atoms with E-state index in [4.69, 9.17) is 14.6 Å². The van der Waals surface area contributed by atoms with Crippen LogP contribution < -0.4 is 4.74 Å². The predicted molar refractivity (Wildman–Crippen MR) is 69.4 cm³/mol. The summed E-state index contributed by atoms with van der Waals surface area (Å²) in [5.74, 6) is -0.0908. The summed E-state index contributed by atoms with van der Waals surface area (Å²) in [5, 5.41) is 9.16. The lowest BCUT2D eigenvalue weighted by atomic mass is 10.0. The first kappa shape index (κ1) is 11.6. The van der Waals surface area contributed by atoms with E-state index in [-0.39, 0.29) is 0 Å². The monoisotopic (exact) mass is 256 g/mol. The van der Waals surface area contributed by atoms with E-state index in [0.717, 1.165) is 11.1 Å². The number of fused-ring (bicyclic) bond motifs is 2. The van der Waals surface area contributed by atoms with E-state index in [1.54, 1.807) is 18.2 Å². The number of rotatable bonds is 1. The van der Waals surface area contributed by atoms with Crippen LogP contribution in [0.3, 0.4) is 0 Å². The third-order valence-electron chi connectivity index (χ3n) is 2.96. The van der Waals surface area contributed by atoms with Crippen molar-refractivity contribution in [3.63, 3.8) is 0 Å². The van der Waals surface area contributed by atoms with Gasteiger partial charge in [0.1, 0.15) is 11.5 Å². The third-order valence-corrected chi connectivity index (χ3v) is 2.96. The van der Waals surface area contributed by atoms with E-state index in [9.17, 15) is 4.79 Å². The van der Waals surface area contributed by atoms with Crippen LogP contribution in [0, 0.1) is 0 Å². The van der Waals surface area contributed by atoms with Crippen molar-refractivity contribution in [1.29, 1.82) is 0 Å². The molecule has 0 radical (unpaired) electrons. The third kappa shape index (κ3) is 2.25. The Kier molecular flexibility index (Phi) is 2.83. The van der Waals surface area contributed by atoms with Crippen molar-refractivity contribution in [3.05, 3.63) is 59.4 Å². The van der Waals surface area contributed by atoms with Gasteiger partial charge in [0.25, 0.3) is 0 Å². The predicted octanol–water partition coefficient (Wildman–Crippen LogP) is 2.73. The summed E-state index contributed by atoms with van der Waals surface area (Å²) in [6.45, 7) is 0. The Morgan fingerprint density at radius 2 is 2.11 bits per heavy atom. The minimum absolute atomic E-state index is 0.510. The lowest BCUT2D eigenvalue weighted by Crippen LogP contribution is -2.31. The molecule has 3 rings (SSSR count). The molecule has 1 aromatic rings. The molecular formula is C15H12O4. The first-order chi connectivity index (χ1) is 9.24. The van der Waals surface area contributed by atoms with Crippen LogP contribution >= 0.6 is 0 Å². The van der Waals surface area contributed by atoms with Gasteiger partial charge in [-0.15, -0.1) is 0 Å². The molecule has 2 aliphatic rings. The second kappa shape index (κ2) is 4.65. The normalized spacial score (nSPS) is 23.3. The van der Waals surface area contributed by atoms with Crippen LogP contribution in [-0.2, 0) is 9.53 Å². The molecule has 1 heterocycles. The van der Waals surface area contributed by atoms with Crippen LogP contribution in [0.2, 0.25) is 0 Å². The molecule has 0 bridgehead atoms. The number of carboxylic acids is 1. The Hall–Kier alpha value is -2.49. The number of aliphatic carboxylic acids is 1. The van der Waals surface area contributed by atoms with Crippen molar-refractivity contribution in [3.8, 4) is 5.75 Å². The van der Waals surface area contributed by atoms with Gasteiger partial charge in [0.05, 0.1) is 0 Å². The van der Waals surface area contributed by atoms with E-state index in [1.807, 2.05) is 30.4 Å². The minimum atomic E-state index is -1.33. The quantitative estimate of drug-likeness (QED) is 0.839. The second-order valence-corrected chi connectivity index (χ2v) is 4.28. The smallest absolute Gasteiger partial charge is 0.387 e. The average Bonchev–Trinajstić information content (AvgIpc) is 2.38. The minimum Gasteiger partial charge on any atom is -0.476 e. The molecule has 0 saturated carbocycles. The molecule has 4 nitrogen and oxygen atoms in total. The van der Waals surface area contributed by atoms with Crippen molar-refractivity contribution in [2.75, 3.05) is 0 Å². The first-order valence-electron chi connectivity index (χ1n) is 5.97. The molecular weight excluding hydrogens is 244 g/mol. The number of ether oxygens (including phenoxy) is 2. The molecule has 1 aliphatic heterocycles. The molecule has 1 unspecified atom stereocenters. The number of carbonyl (C=O) groups is 1. The standard InChI is InChI=1S/C15H12O4/c16-14(17)15-18-12-7-3-1-5-10(12)9-11-6-2-4-8-13(11)19-15/h1-5,7-9,15H,6H2,(H,16,17)/b11-9-. The van der Waals surface area contributed by atoms with E-state index >= 15 is 0 Å². The highest BCUT2D eigenvalue weighted by molar-refractivity contribution is 5.73. The van der Waals surface area contributed by atoms with E-state index in [0.29, 0.717) is 17.9 Å². The van der Waals surface area contributed by atoms with Crippen LogP contribution in [0.5, 0.6) is 5.75 Å². The first-order valence-corrected chi connectivity index (χ1v) is 5.97. The number of allylic oxidation sites excluding steroid dienone is 4. The van der Waals surface area contributed by atoms with E-state index < -0.39 is 12.3 Å². The van der Waals surface area contributed by atoms with Crippen LogP contribution in [0.4, 0.5) is 0 Å². The Morgan fingerprint density at radius 1 is 1.26 bits per heavy atom. The van der Waals surface area contributed by atoms with Crippen molar-refractivity contribution in [1.82, 2.24) is 0 Å². The number of para-hydroxylation sites is 1. The van der Waals surface area contributed by atoms with Crippen molar-refractivity contribution in [2.45, 2.75) is 12.7 Å². The Balaban J connectivity index is 2.11. The van der Waals surface area contributed by atoms with Gasteiger partial charge in [0.2, 0.25) is 0 Å². The molecule has 0 saturated heterocycles. The zero-order valence-corrected chi connectivity index (χ0v) is 10.1. The molecule has 1 aromatic carbocycles. The Labute approximate surface area is 110 Å². The average molecular weight is 256 g/mol. The fourth-order valence-electron chi connectivity index (χ4n) is 2.05. The highest BCUT2D eigenvalue weighted by atomic mass is 16.7. The molecule has 1 N–H and O–H groups in total. The van der Waals surface area contributed by atoms with Gasteiger partial charge in [-0.05, 0) is 30.2 Å². The Bertz CT molecular complexity index is 610. The molecule has 96 valence electrons. The van der Waals surface area contributed by atoms with E-state index in [1.165, 1.54) is 0 Å². The van der Waals surface area contributed by atoms with Crippen molar-refractivity contribution >= 4 is 12.0 Å². The fourth-order valence-corrected chi connectivity index (χ4v) is 2.05. The van der Waals surface area contributed by atoms with Gasteiger partial charge in [-0.1, -0.05) is 30.4 Å². The maximum absolute atomic E-state index is 11.2. The second-order valence-electron chi connectivity index (χ2n) is 4.28. The van der Waals surface area contributed by atoms with Gasteiger partial charge in [-0.25, -0.2) is 4.79 Å². The molecule has 19 heavy (non-hydrogen) atoms. The van der Waals surface area contributed by atoms with Gasteiger partial charge in [-0.2, -0.15) is 0 Å². The van der Waals surface area contributed by atoms with Gasteiger partial charge < -0.3 is 14.6 Å². The number of hydrogen-bond acceptors (Lipinski definition) is 3. The van der Waals surface area contributed by atoms with E-state index in [2.05, 4.69) is 0 Å². The largest absolute Gasteiger partial charge is 0.476 e. The summed E-state index contributed by atoms with van der Waals surface area (Å²) in [4.78, 5) is 11.2. The molecule has 1 aliphatic carbocycles. The number of benzene rings is 1. The van der Waals surface area contributed by atoms with Gasteiger partial charge >= 0.3 is 12.3 Å². The van der Waals surface area contributed by atoms with Gasteiger partial charge in [0.15, 0.2) is 0 Å². The molecule has 1 atom stereocenters. The summed E-state index contributed by atoms with van der Waals surface area (Å²) in [5.41, 5.74) is 1.80. The molecule has 4 heteroatoms. The van der Waals surface area contributed by atoms with Crippen LogP contribution in [0.25, 0.3) is 6.08 Å². The van der Waals surface area contributed by atoms with Crippen LogP contribution in [-0.4, -0.2) is 17.4 Å². The maximum Gasteiger partial charge on any atom is 0.387 e. The SMILES string of the molecule is O=C(O)C1OC2=CC=CC/C2=C/c2ccccc2O1. The molecule has 0 amide bonds. The number of carboxylic acid groups (broad SMARTS) is 1. The zero-order chi connectivity index (χ0) is 13.2. The summed E-state index contributed by atoms with van der Waals surface area (Å²) < 4.78 is 10.8. The molecule has 0 spiro atoms. The van der Waals surface area contributed by atoms with Crippen molar-refractivity contribution in [2.24, 2.45) is 0 Å². The molecule has 0 fully saturated rings. The Morgan fingerprint density at radius 3 is 2.95 bits per heavy atom. The number of hydrogen-bond donors (Lipinski definition) is 1. The maximum atomic E-state index is 11.2. The van der Waals surface area contributed by atoms with Crippen LogP contribution in [0.15, 0.2) is 53.8 Å². The summed E-state index contributed by atoms with van der Waals surface area (Å²) >= 11 is 0.